The van der Waals surface area contributed by atoms with Crippen molar-refractivity contribution >= 4 is 27.3 Å². The van der Waals surface area contributed by atoms with Crippen molar-refractivity contribution in [2.24, 2.45) is 5.73 Å². The number of hydrogen-bond donors (Lipinski definition) is 1. The molecule has 2 rings (SSSR count). The van der Waals surface area contributed by atoms with Gasteiger partial charge in [0.05, 0.1) is 9.40 Å². The molecule has 0 radical (unpaired) electrons. The normalized spacial score (nSPS) is 23.1. The van der Waals surface area contributed by atoms with E-state index in [0.717, 1.165) is 25.7 Å². The number of pyridine rings is 1. The van der Waals surface area contributed by atoms with Crippen LogP contribution in [0.15, 0.2) is 16.9 Å². The Morgan fingerprint density at radius 3 is 2.63 bits per heavy atom. The summed E-state index contributed by atoms with van der Waals surface area (Å²) in [7, 11) is 1.90. The largest absolute Gasteiger partial charge is 0.365 e. The highest BCUT2D eigenvalue weighted by Gasteiger charge is 2.28. The molecule has 1 aromatic heterocycles. The maximum absolute atomic E-state index is 11.1. The molecule has 2 N–H and O–H groups in total. The number of nitro groups is 1. The van der Waals surface area contributed by atoms with E-state index in [1.807, 2.05) is 11.9 Å². The van der Waals surface area contributed by atoms with Crippen LogP contribution >= 0.6 is 15.9 Å². The average molecular weight is 329 g/mol. The van der Waals surface area contributed by atoms with E-state index in [0.29, 0.717) is 10.2 Å². The summed E-state index contributed by atoms with van der Waals surface area (Å²) >= 11 is 3.36. The summed E-state index contributed by atoms with van der Waals surface area (Å²) in [4.78, 5) is 16.6. The highest BCUT2D eigenvalue weighted by Crippen LogP contribution is 2.37. The smallest absolute Gasteiger partial charge is 0.311 e. The molecule has 0 saturated heterocycles. The predicted molar refractivity (Wildman–Crippen MR) is 77.2 cm³/mol. The van der Waals surface area contributed by atoms with Gasteiger partial charge in [0.15, 0.2) is 0 Å². The van der Waals surface area contributed by atoms with Gasteiger partial charge in [-0.05, 0) is 41.6 Å². The van der Waals surface area contributed by atoms with Crippen LogP contribution in [0.4, 0.5) is 11.4 Å². The highest BCUT2D eigenvalue weighted by molar-refractivity contribution is 9.10. The van der Waals surface area contributed by atoms with E-state index in [9.17, 15) is 10.1 Å². The number of nitrogens with two attached hydrogens (primary N) is 1. The Morgan fingerprint density at radius 2 is 2.05 bits per heavy atom. The van der Waals surface area contributed by atoms with Gasteiger partial charge in [-0.25, -0.2) is 0 Å². The van der Waals surface area contributed by atoms with Gasteiger partial charge in [0, 0.05) is 25.3 Å². The molecule has 1 fully saturated rings. The van der Waals surface area contributed by atoms with Crippen LogP contribution in [-0.2, 0) is 0 Å². The maximum Gasteiger partial charge on any atom is 0.311 e. The van der Waals surface area contributed by atoms with Crippen molar-refractivity contribution in [3.05, 3.63) is 27.0 Å². The van der Waals surface area contributed by atoms with Gasteiger partial charge in [0.1, 0.15) is 11.9 Å². The van der Waals surface area contributed by atoms with E-state index in [1.54, 1.807) is 6.20 Å². The molecule has 0 bridgehead atoms. The van der Waals surface area contributed by atoms with Gasteiger partial charge in [-0.15, -0.1) is 0 Å². The molecule has 7 heteroatoms. The van der Waals surface area contributed by atoms with E-state index < -0.39 is 4.92 Å². The molecule has 19 heavy (non-hydrogen) atoms. The maximum atomic E-state index is 11.1. The Morgan fingerprint density at radius 1 is 1.42 bits per heavy atom. The summed E-state index contributed by atoms with van der Waals surface area (Å²) < 4.78 is 0.652. The number of anilines is 1. The lowest BCUT2D eigenvalue weighted by atomic mass is 9.91. The minimum absolute atomic E-state index is 0.0340. The molecule has 0 aliphatic heterocycles. The molecule has 6 nitrogen and oxygen atoms in total. The Bertz CT molecular complexity index is 475. The van der Waals surface area contributed by atoms with Crippen LogP contribution in [0.3, 0.4) is 0 Å². The fourth-order valence-electron chi connectivity index (χ4n) is 2.57. The van der Waals surface area contributed by atoms with Crippen molar-refractivity contribution < 1.29 is 4.92 Å². The number of hydrogen-bond acceptors (Lipinski definition) is 5. The molecule has 0 aromatic carbocycles. The van der Waals surface area contributed by atoms with Gasteiger partial charge in [-0.3, -0.25) is 15.1 Å². The van der Waals surface area contributed by atoms with E-state index in [-0.39, 0.29) is 17.8 Å². The Balaban J connectivity index is 2.28. The first-order chi connectivity index (χ1) is 9.00. The van der Waals surface area contributed by atoms with Gasteiger partial charge < -0.3 is 10.6 Å². The molecule has 1 saturated carbocycles. The molecule has 0 spiro atoms. The molecule has 1 aliphatic carbocycles. The molecule has 1 aromatic rings. The first-order valence-electron chi connectivity index (χ1n) is 6.27. The fourth-order valence-corrected chi connectivity index (χ4v) is 3.17. The van der Waals surface area contributed by atoms with Crippen LogP contribution in [0, 0.1) is 10.1 Å². The summed E-state index contributed by atoms with van der Waals surface area (Å²) in [5, 5.41) is 11.1. The molecular formula is C12H17BrN4O2. The molecule has 0 atom stereocenters. The van der Waals surface area contributed by atoms with Crippen molar-refractivity contribution in [2.75, 3.05) is 11.9 Å². The number of aromatic nitrogens is 1. The first-order valence-corrected chi connectivity index (χ1v) is 7.06. The zero-order valence-electron chi connectivity index (χ0n) is 10.8. The predicted octanol–water partition coefficient (Wildman–Crippen LogP) is 2.46. The summed E-state index contributed by atoms with van der Waals surface area (Å²) in [6, 6.07) is 0.553. The van der Waals surface area contributed by atoms with Crippen LogP contribution in [0.1, 0.15) is 25.7 Å². The quantitative estimate of drug-likeness (QED) is 0.680. The SMILES string of the molecule is CN(c1c(Br)cncc1[N+](=O)[O-])C1CCC(N)CC1. The minimum Gasteiger partial charge on any atom is -0.365 e. The summed E-state index contributed by atoms with van der Waals surface area (Å²) in [6.45, 7) is 0. The lowest BCUT2D eigenvalue weighted by molar-refractivity contribution is -0.384. The van der Waals surface area contributed by atoms with Crippen molar-refractivity contribution in [3.63, 3.8) is 0 Å². The topological polar surface area (TPSA) is 85.3 Å². The summed E-state index contributed by atoms with van der Waals surface area (Å²) in [6.07, 6.45) is 6.74. The van der Waals surface area contributed by atoms with Gasteiger partial charge in [-0.2, -0.15) is 0 Å². The average Bonchev–Trinajstić information content (AvgIpc) is 2.38. The number of halogens is 1. The lowest BCUT2D eigenvalue weighted by Crippen LogP contribution is -2.39. The Hall–Kier alpha value is -1.21. The van der Waals surface area contributed by atoms with E-state index in [1.165, 1.54) is 6.20 Å². The molecule has 104 valence electrons. The second-order valence-electron chi connectivity index (χ2n) is 4.93. The van der Waals surface area contributed by atoms with Crippen LogP contribution in [0.2, 0.25) is 0 Å². The zero-order chi connectivity index (χ0) is 14.0. The molecule has 1 aliphatic rings. The highest BCUT2D eigenvalue weighted by atomic mass is 79.9. The Labute approximate surface area is 120 Å². The van der Waals surface area contributed by atoms with Crippen LogP contribution < -0.4 is 10.6 Å². The molecule has 0 unspecified atom stereocenters. The van der Waals surface area contributed by atoms with Crippen molar-refractivity contribution in [1.82, 2.24) is 4.98 Å². The summed E-state index contributed by atoms with van der Waals surface area (Å²) in [5.41, 5.74) is 6.53. The fraction of sp³-hybridized carbons (Fsp3) is 0.583. The number of rotatable bonds is 3. The molecule has 1 heterocycles. The third-order valence-electron chi connectivity index (χ3n) is 3.69. The van der Waals surface area contributed by atoms with Gasteiger partial charge >= 0.3 is 5.69 Å². The molecular weight excluding hydrogens is 312 g/mol. The van der Waals surface area contributed by atoms with Gasteiger partial charge in [0.2, 0.25) is 0 Å². The van der Waals surface area contributed by atoms with Gasteiger partial charge in [0.25, 0.3) is 0 Å². The second-order valence-corrected chi connectivity index (χ2v) is 5.78. The van der Waals surface area contributed by atoms with Crippen molar-refractivity contribution in [1.29, 1.82) is 0 Å². The van der Waals surface area contributed by atoms with Crippen molar-refractivity contribution in [3.8, 4) is 0 Å². The lowest BCUT2D eigenvalue weighted by Gasteiger charge is -2.34. The third kappa shape index (κ3) is 3.03. The first kappa shape index (κ1) is 14.2. The van der Waals surface area contributed by atoms with E-state index in [4.69, 9.17) is 5.73 Å². The minimum atomic E-state index is -0.391. The molecule has 0 amide bonds. The van der Waals surface area contributed by atoms with E-state index in [2.05, 4.69) is 20.9 Å². The van der Waals surface area contributed by atoms with Gasteiger partial charge in [-0.1, -0.05) is 0 Å². The number of nitrogens with zero attached hydrogens (tertiary/aromatic N) is 3. The van der Waals surface area contributed by atoms with Crippen LogP contribution in [0.5, 0.6) is 0 Å². The van der Waals surface area contributed by atoms with Crippen molar-refractivity contribution in [2.45, 2.75) is 37.8 Å². The van der Waals surface area contributed by atoms with Crippen LogP contribution in [-0.4, -0.2) is 29.0 Å². The summed E-state index contributed by atoms with van der Waals surface area (Å²) in [5.74, 6) is 0. The van der Waals surface area contributed by atoms with Crippen LogP contribution in [0.25, 0.3) is 0 Å². The third-order valence-corrected chi connectivity index (χ3v) is 4.27. The monoisotopic (exact) mass is 328 g/mol. The zero-order valence-corrected chi connectivity index (χ0v) is 12.3. The standard InChI is InChI=1S/C12H17BrN4O2/c1-16(9-4-2-8(14)3-5-9)12-10(13)6-15-7-11(12)17(18)19/h6-9H,2-5,14H2,1H3. The Kier molecular flexibility index (Phi) is 4.36. The second kappa shape index (κ2) is 5.83. The van der Waals surface area contributed by atoms with E-state index >= 15 is 0 Å².